The van der Waals surface area contributed by atoms with E-state index in [0.29, 0.717) is 0 Å². The first kappa shape index (κ1) is 33.5. The summed E-state index contributed by atoms with van der Waals surface area (Å²) in [6.07, 6.45) is 0. The van der Waals surface area contributed by atoms with Gasteiger partial charge in [0.05, 0.1) is 33.1 Å². The molecule has 0 bridgehead atoms. The molecule has 10 aromatic carbocycles. The van der Waals surface area contributed by atoms with Crippen LogP contribution in [0.1, 0.15) is 0 Å². The molecule has 0 unspecified atom stereocenters. The Morgan fingerprint density at radius 1 is 0.339 bits per heavy atom. The lowest BCUT2D eigenvalue weighted by molar-refractivity contribution is 1.08. The topological polar surface area (TPSA) is 35.6 Å². The number of aromatic nitrogens is 4. The molecule has 14 rings (SSSR count). The van der Waals surface area contributed by atoms with E-state index in [1.54, 1.807) is 0 Å². The molecule has 62 heavy (non-hydrogen) atoms. The average Bonchev–Trinajstić information content (AvgIpc) is 3.82. The van der Waals surface area contributed by atoms with Crippen LogP contribution in [0.2, 0.25) is 0 Å². The zero-order valence-corrected chi connectivity index (χ0v) is 33.4. The summed E-state index contributed by atoms with van der Waals surface area (Å²) in [5, 5.41) is 9.56. The smallest absolute Gasteiger partial charge is 0.165 e. The molecule has 13 aromatic rings. The molecule has 286 valence electrons. The average molecular weight is 787 g/mol. The van der Waals surface area contributed by atoms with E-state index in [-0.39, 0.29) is 0 Å². The molecule has 1 aliphatic carbocycles. The van der Waals surface area contributed by atoms with Crippen LogP contribution >= 0.6 is 0 Å². The molecule has 0 aliphatic heterocycles. The van der Waals surface area contributed by atoms with Crippen molar-refractivity contribution in [2.45, 2.75) is 0 Å². The van der Waals surface area contributed by atoms with Gasteiger partial charge in [-0.25, -0.2) is 9.97 Å². The summed E-state index contributed by atoms with van der Waals surface area (Å²) in [6.45, 7) is 0. The highest BCUT2D eigenvalue weighted by atomic mass is 15.1. The van der Waals surface area contributed by atoms with Crippen LogP contribution in [0.4, 0.5) is 0 Å². The maximum absolute atomic E-state index is 5.79. The van der Waals surface area contributed by atoms with Gasteiger partial charge in [0.25, 0.3) is 0 Å². The van der Waals surface area contributed by atoms with Crippen molar-refractivity contribution in [1.82, 2.24) is 19.1 Å². The Kier molecular flexibility index (Phi) is 6.80. The molecule has 0 saturated heterocycles. The van der Waals surface area contributed by atoms with Gasteiger partial charge in [-0.05, 0) is 92.5 Å². The summed E-state index contributed by atoms with van der Waals surface area (Å²) in [6, 6.07) is 74.8. The lowest BCUT2D eigenvalue weighted by Crippen LogP contribution is -2.04. The Balaban J connectivity index is 1.15. The Morgan fingerprint density at radius 2 is 1.00 bits per heavy atom. The van der Waals surface area contributed by atoms with Crippen LogP contribution in [-0.2, 0) is 0 Å². The molecule has 4 heteroatoms. The predicted octanol–water partition coefficient (Wildman–Crippen LogP) is 15.1. The van der Waals surface area contributed by atoms with Gasteiger partial charge in [0.1, 0.15) is 5.69 Å². The number of hydrogen-bond donors (Lipinski definition) is 0. The zero-order chi connectivity index (χ0) is 40.5. The van der Waals surface area contributed by atoms with E-state index in [1.807, 2.05) is 0 Å². The van der Waals surface area contributed by atoms with Crippen LogP contribution in [-0.4, -0.2) is 19.1 Å². The van der Waals surface area contributed by atoms with E-state index >= 15 is 0 Å². The van der Waals surface area contributed by atoms with E-state index in [1.165, 1.54) is 71.2 Å². The van der Waals surface area contributed by atoms with Gasteiger partial charge in [-0.1, -0.05) is 158 Å². The summed E-state index contributed by atoms with van der Waals surface area (Å²) in [4.78, 5) is 11.4. The van der Waals surface area contributed by atoms with Crippen molar-refractivity contribution >= 4 is 76.2 Å². The summed E-state index contributed by atoms with van der Waals surface area (Å²) in [7, 11) is 0. The van der Waals surface area contributed by atoms with Gasteiger partial charge in [0.15, 0.2) is 5.82 Å². The van der Waals surface area contributed by atoms with Crippen molar-refractivity contribution in [2.75, 3.05) is 0 Å². The molecule has 0 amide bonds. The monoisotopic (exact) mass is 786 g/mol. The Bertz CT molecular complexity index is 4030. The summed E-state index contributed by atoms with van der Waals surface area (Å²) < 4.78 is 4.78. The van der Waals surface area contributed by atoms with E-state index in [0.717, 1.165) is 61.1 Å². The van der Waals surface area contributed by atoms with Crippen molar-refractivity contribution in [1.29, 1.82) is 0 Å². The van der Waals surface area contributed by atoms with Crippen molar-refractivity contribution in [3.8, 4) is 56.1 Å². The number of benzene rings is 10. The fourth-order valence-electron chi connectivity index (χ4n) is 10.6. The lowest BCUT2D eigenvalue weighted by atomic mass is 9.88. The normalized spacial score (nSPS) is 12.2. The first-order chi connectivity index (χ1) is 30.8. The molecule has 0 saturated carbocycles. The van der Waals surface area contributed by atoms with Crippen molar-refractivity contribution in [3.63, 3.8) is 0 Å². The van der Waals surface area contributed by atoms with Crippen LogP contribution < -0.4 is 0 Å². The number of rotatable bonds is 4. The Hall–Kier alpha value is -8.34. The van der Waals surface area contributed by atoms with Gasteiger partial charge < -0.3 is 4.57 Å². The molecule has 0 N–H and O–H groups in total. The van der Waals surface area contributed by atoms with Gasteiger partial charge >= 0.3 is 0 Å². The number of fused-ring (bicyclic) bond motifs is 9. The highest BCUT2D eigenvalue weighted by molar-refractivity contribution is 6.32. The number of hydrogen-bond acceptors (Lipinski definition) is 2. The molecule has 1 aliphatic rings. The molecule has 0 atom stereocenters. The van der Waals surface area contributed by atoms with Crippen molar-refractivity contribution in [3.05, 3.63) is 206 Å². The summed E-state index contributed by atoms with van der Waals surface area (Å²) >= 11 is 0. The fraction of sp³-hybridized carbons (Fsp3) is 0. The predicted molar refractivity (Wildman–Crippen MR) is 259 cm³/mol. The highest BCUT2D eigenvalue weighted by Gasteiger charge is 2.29. The molecular formula is C58H34N4. The molecule has 3 aromatic heterocycles. The quantitative estimate of drug-likeness (QED) is 0.167. The van der Waals surface area contributed by atoms with Gasteiger partial charge in [-0.15, -0.1) is 0 Å². The maximum atomic E-state index is 5.79. The van der Waals surface area contributed by atoms with E-state index in [2.05, 4.69) is 215 Å². The molecular weight excluding hydrogens is 753 g/mol. The number of para-hydroxylation sites is 2. The first-order valence-electron chi connectivity index (χ1n) is 21.3. The summed E-state index contributed by atoms with van der Waals surface area (Å²) in [5.41, 5.74) is 16.6. The third kappa shape index (κ3) is 4.55. The van der Waals surface area contributed by atoms with Gasteiger partial charge in [0.2, 0.25) is 0 Å². The summed E-state index contributed by atoms with van der Waals surface area (Å²) in [5.74, 6) is 0.809. The minimum absolute atomic E-state index is 0.809. The van der Waals surface area contributed by atoms with Crippen LogP contribution in [0.15, 0.2) is 206 Å². The van der Waals surface area contributed by atoms with Gasteiger partial charge in [-0.2, -0.15) is 0 Å². The second-order valence-corrected chi connectivity index (χ2v) is 16.5. The van der Waals surface area contributed by atoms with Gasteiger partial charge in [-0.3, -0.25) is 4.57 Å². The van der Waals surface area contributed by atoms with Crippen LogP contribution in [0, 0.1) is 0 Å². The Morgan fingerprint density at radius 3 is 1.89 bits per heavy atom. The lowest BCUT2D eigenvalue weighted by Gasteiger charge is -2.18. The van der Waals surface area contributed by atoms with E-state index in [9.17, 15) is 0 Å². The standard InChI is InChI=1S/C58H34N4/c1-3-14-35(15-4-1)40-29-33-51-55-53(40)45-23-10-9-21-42(45)44-24-13-17-37-27-32-50(54(55)52(37)44)62(51)58-56(59-47-30-26-36-16-7-8-20-41(36)57(47)60-58)38-28-31-49-46(34-38)43-22-11-12-25-48(43)61(49)39-18-5-2-6-19-39/h1-34H. The molecule has 0 radical (unpaired) electrons. The molecule has 0 fully saturated rings. The first-order valence-corrected chi connectivity index (χ1v) is 21.3. The zero-order valence-electron chi connectivity index (χ0n) is 33.4. The van der Waals surface area contributed by atoms with E-state index < -0.39 is 0 Å². The maximum Gasteiger partial charge on any atom is 0.165 e. The third-order valence-corrected chi connectivity index (χ3v) is 13.2. The van der Waals surface area contributed by atoms with Crippen molar-refractivity contribution in [2.24, 2.45) is 0 Å². The second kappa shape index (κ2) is 12.6. The van der Waals surface area contributed by atoms with Crippen LogP contribution in [0.25, 0.3) is 132 Å². The SMILES string of the molecule is c1ccc(-c2ccc3c4c2-c2ccccc2-c2cccc5ccc(c4c25)n3-c2nc3c(ccc4ccccc43)nc2-c2ccc3c(c2)c2ccccc2n3-c2ccccc2)cc1. The van der Waals surface area contributed by atoms with Crippen LogP contribution in [0.3, 0.4) is 0 Å². The third-order valence-electron chi connectivity index (χ3n) is 13.2. The highest BCUT2D eigenvalue weighted by Crippen LogP contribution is 2.53. The molecule has 0 spiro atoms. The fourth-order valence-corrected chi connectivity index (χ4v) is 10.6. The van der Waals surface area contributed by atoms with Crippen molar-refractivity contribution < 1.29 is 0 Å². The second-order valence-electron chi connectivity index (χ2n) is 16.5. The largest absolute Gasteiger partial charge is 0.309 e. The number of nitrogens with zero attached hydrogens (tertiary/aromatic N) is 4. The minimum atomic E-state index is 0.809. The Labute approximate surface area is 356 Å². The molecule has 4 nitrogen and oxygen atoms in total. The van der Waals surface area contributed by atoms with E-state index in [4.69, 9.17) is 9.97 Å². The minimum Gasteiger partial charge on any atom is -0.309 e. The molecule has 3 heterocycles. The van der Waals surface area contributed by atoms with Crippen LogP contribution in [0.5, 0.6) is 0 Å². The van der Waals surface area contributed by atoms with Gasteiger partial charge in [0, 0.05) is 43.7 Å².